The molecule has 3 aliphatic heterocycles. The number of benzene rings is 1. The lowest BCUT2D eigenvalue weighted by molar-refractivity contribution is -0.344. The van der Waals surface area contributed by atoms with Crippen molar-refractivity contribution >= 4 is 5.97 Å². The summed E-state index contributed by atoms with van der Waals surface area (Å²) in [6, 6.07) is 3.99. The molecule has 13 heteroatoms. The Bertz CT molecular complexity index is 1010. The summed E-state index contributed by atoms with van der Waals surface area (Å²) in [7, 11) is 1.35. The number of carbonyl (C=O) groups is 1. The molecular weight excluding hydrogens is 484 g/mol. The van der Waals surface area contributed by atoms with E-state index in [1.807, 2.05) is 0 Å². The molecule has 1 aromatic rings. The second-order valence-electron chi connectivity index (χ2n) is 9.22. The molecule has 5 rings (SSSR count). The molecular formula is C23H28O13. The summed E-state index contributed by atoms with van der Waals surface area (Å²) < 4.78 is 33.1. The number of ether oxygens (including phenoxy) is 6. The summed E-state index contributed by atoms with van der Waals surface area (Å²) in [5.74, 6) is -1.96. The molecule has 0 unspecified atom stereocenters. The molecule has 36 heavy (non-hydrogen) atoms. The SMILES string of the molecule is COc1cc(C(=O)OC[C@]23O[C@H]2[C@@H](O)[C@@H]2C=CO[C@H](O[C@@H]4O[C@@H](CO)[C@@H](O)[C@H](O)[C@@H]4O)[C@H]23)ccc1O. The first-order chi connectivity index (χ1) is 17.2. The third-order valence-corrected chi connectivity index (χ3v) is 7.22. The normalized spacial score (nSPS) is 42.7. The standard InChI is InChI=1S/C23H28O13/c1-31-12-6-9(2-3-11(12)25)20(30)33-8-23-14-10(15(26)19(23)36-23)4-5-32-21(14)35-22-18(29)17(28)16(27)13(7-24)34-22/h2-6,10,13-19,21-22,24-29H,7-8H2,1H3/t10-,13+,14+,15+,16-,17+,18+,19+,21-,22+,23-/m1/s1. The van der Waals surface area contributed by atoms with E-state index in [-0.39, 0.29) is 23.7 Å². The Kier molecular flexibility index (Phi) is 6.59. The Morgan fingerprint density at radius 1 is 1.08 bits per heavy atom. The number of methoxy groups -OCH3 is 1. The molecule has 6 N–H and O–H groups in total. The molecule has 13 nitrogen and oxygen atoms in total. The predicted octanol–water partition coefficient (Wildman–Crippen LogP) is -2.01. The highest BCUT2D eigenvalue weighted by Crippen LogP contribution is 2.60. The van der Waals surface area contributed by atoms with Gasteiger partial charge in [0.05, 0.1) is 37.6 Å². The van der Waals surface area contributed by atoms with Crippen molar-refractivity contribution in [3.63, 3.8) is 0 Å². The lowest BCUT2D eigenvalue weighted by atomic mass is 9.85. The van der Waals surface area contributed by atoms with Gasteiger partial charge >= 0.3 is 5.97 Å². The highest BCUT2D eigenvalue weighted by molar-refractivity contribution is 5.90. The molecule has 4 aliphatic rings. The van der Waals surface area contributed by atoms with Crippen LogP contribution >= 0.6 is 0 Å². The largest absolute Gasteiger partial charge is 0.504 e. The third-order valence-electron chi connectivity index (χ3n) is 7.22. The number of aliphatic hydroxyl groups is 5. The van der Waals surface area contributed by atoms with E-state index in [9.17, 15) is 35.4 Å². The van der Waals surface area contributed by atoms with Gasteiger partial charge < -0.3 is 59.1 Å². The van der Waals surface area contributed by atoms with Crippen LogP contribution in [0.3, 0.4) is 0 Å². The zero-order chi connectivity index (χ0) is 25.8. The smallest absolute Gasteiger partial charge is 0.338 e. The monoisotopic (exact) mass is 512 g/mol. The van der Waals surface area contributed by atoms with E-state index in [0.717, 1.165) is 0 Å². The summed E-state index contributed by atoms with van der Waals surface area (Å²) in [4.78, 5) is 12.7. The fourth-order valence-corrected chi connectivity index (χ4v) is 5.22. The number of carbonyl (C=O) groups excluding carboxylic acids is 1. The van der Waals surface area contributed by atoms with Crippen molar-refractivity contribution < 1.29 is 63.9 Å². The summed E-state index contributed by atoms with van der Waals surface area (Å²) in [5, 5.41) is 60.4. The number of fused-ring (bicyclic) bond motifs is 3. The van der Waals surface area contributed by atoms with Crippen LogP contribution in [0, 0.1) is 11.8 Å². The third kappa shape index (κ3) is 4.01. The van der Waals surface area contributed by atoms with Crippen molar-refractivity contribution in [3.8, 4) is 11.5 Å². The molecule has 0 radical (unpaired) electrons. The summed E-state index contributed by atoms with van der Waals surface area (Å²) in [6.07, 6.45) is -7.35. The summed E-state index contributed by atoms with van der Waals surface area (Å²) in [6.45, 7) is -0.891. The number of esters is 1. The lowest BCUT2D eigenvalue weighted by Crippen LogP contribution is -2.60. The van der Waals surface area contributed by atoms with Crippen molar-refractivity contribution in [2.75, 3.05) is 20.3 Å². The van der Waals surface area contributed by atoms with Gasteiger partial charge in [-0.2, -0.15) is 0 Å². The highest BCUT2D eigenvalue weighted by Gasteiger charge is 2.76. The first-order valence-corrected chi connectivity index (χ1v) is 11.4. The average Bonchev–Trinajstić information content (AvgIpc) is 3.57. The van der Waals surface area contributed by atoms with E-state index in [4.69, 9.17) is 28.4 Å². The number of aliphatic hydroxyl groups excluding tert-OH is 5. The quantitative estimate of drug-likeness (QED) is 0.173. The average molecular weight is 512 g/mol. The van der Waals surface area contributed by atoms with Crippen molar-refractivity contribution in [3.05, 3.63) is 36.1 Å². The van der Waals surface area contributed by atoms with Gasteiger partial charge in [0.25, 0.3) is 0 Å². The minimum Gasteiger partial charge on any atom is -0.504 e. The molecule has 2 saturated heterocycles. The van der Waals surface area contributed by atoms with Crippen LogP contribution in [0.15, 0.2) is 30.5 Å². The zero-order valence-corrected chi connectivity index (χ0v) is 19.1. The molecule has 0 bridgehead atoms. The maximum Gasteiger partial charge on any atom is 0.338 e. The van der Waals surface area contributed by atoms with Gasteiger partial charge in [0.15, 0.2) is 17.8 Å². The minimum atomic E-state index is -1.66. The molecule has 3 fully saturated rings. The van der Waals surface area contributed by atoms with E-state index >= 15 is 0 Å². The van der Waals surface area contributed by atoms with Gasteiger partial charge in [-0.1, -0.05) is 0 Å². The topological polar surface area (TPSA) is 197 Å². The first-order valence-electron chi connectivity index (χ1n) is 11.4. The summed E-state index contributed by atoms with van der Waals surface area (Å²) in [5.41, 5.74) is -1.04. The number of hydrogen-bond acceptors (Lipinski definition) is 13. The molecule has 0 amide bonds. The maximum absolute atomic E-state index is 12.7. The summed E-state index contributed by atoms with van der Waals surface area (Å²) >= 11 is 0. The van der Waals surface area contributed by atoms with Gasteiger partial charge in [-0.25, -0.2) is 4.79 Å². The molecule has 3 heterocycles. The second kappa shape index (κ2) is 9.43. The molecule has 11 atom stereocenters. The van der Waals surface area contributed by atoms with E-state index in [1.165, 1.54) is 31.6 Å². The Hall–Kier alpha value is -2.49. The number of rotatable bonds is 7. The zero-order valence-electron chi connectivity index (χ0n) is 19.1. The molecule has 0 spiro atoms. The maximum atomic E-state index is 12.7. The Morgan fingerprint density at radius 3 is 2.58 bits per heavy atom. The Morgan fingerprint density at radius 2 is 1.86 bits per heavy atom. The van der Waals surface area contributed by atoms with Gasteiger partial charge in [-0.05, 0) is 24.3 Å². The second-order valence-corrected chi connectivity index (χ2v) is 9.22. The van der Waals surface area contributed by atoms with Crippen LogP contribution in [-0.2, 0) is 23.7 Å². The molecule has 1 aromatic carbocycles. The first kappa shape index (κ1) is 25.2. The van der Waals surface area contributed by atoms with Crippen LogP contribution in [0.4, 0.5) is 0 Å². The van der Waals surface area contributed by atoms with Crippen LogP contribution in [0.25, 0.3) is 0 Å². The fourth-order valence-electron chi connectivity index (χ4n) is 5.22. The van der Waals surface area contributed by atoms with Crippen LogP contribution in [-0.4, -0.2) is 112 Å². The van der Waals surface area contributed by atoms with Crippen LogP contribution in [0.5, 0.6) is 11.5 Å². The number of aromatic hydroxyl groups is 1. The van der Waals surface area contributed by atoms with Crippen molar-refractivity contribution in [1.82, 2.24) is 0 Å². The van der Waals surface area contributed by atoms with Crippen molar-refractivity contribution in [2.45, 2.75) is 54.8 Å². The number of phenolic OH excluding ortho intramolecular Hbond substituents is 1. The molecule has 1 saturated carbocycles. The number of epoxide rings is 1. The number of phenols is 1. The lowest BCUT2D eigenvalue weighted by Gasteiger charge is -2.43. The molecule has 198 valence electrons. The molecule has 0 aromatic heterocycles. The van der Waals surface area contributed by atoms with Crippen LogP contribution in [0.2, 0.25) is 0 Å². The van der Waals surface area contributed by atoms with Crippen molar-refractivity contribution in [1.29, 1.82) is 0 Å². The van der Waals surface area contributed by atoms with Gasteiger partial charge in [0.2, 0.25) is 6.29 Å². The van der Waals surface area contributed by atoms with Gasteiger partial charge in [0.1, 0.15) is 42.7 Å². The predicted molar refractivity (Wildman–Crippen MR) is 114 cm³/mol. The van der Waals surface area contributed by atoms with Crippen LogP contribution in [0.1, 0.15) is 10.4 Å². The van der Waals surface area contributed by atoms with E-state index in [2.05, 4.69) is 0 Å². The van der Waals surface area contributed by atoms with E-state index in [0.29, 0.717) is 0 Å². The Balaban J connectivity index is 1.32. The van der Waals surface area contributed by atoms with E-state index < -0.39 is 79.2 Å². The van der Waals surface area contributed by atoms with Gasteiger partial charge in [-0.3, -0.25) is 0 Å². The van der Waals surface area contributed by atoms with Gasteiger partial charge in [0, 0.05) is 5.92 Å². The minimum absolute atomic E-state index is 0.0957. The van der Waals surface area contributed by atoms with E-state index in [1.54, 1.807) is 6.08 Å². The number of hydrogen-bond donors (Lipinski definition) is 6. The van der Waals surface area contributed by atoms with Gasteiger partial charge in [-0.15, -0.1) is 0 Å². The molecule has 1 aliphatic carbocycles. The van der Waals surface area contributed by atoms with Crippen molar-refractivity contribution in [2.24, 2.45) is 11.8 Å². The fraction of sp³-hybridized carbons (Fsp3) is 0.609. The van der Waals surface area contributed by atoms with Crippen LogP contribution < -0.4 is 4.74 Å². The highest BCUT2D eigenvalue weighted by atomic mass is 16.8. The Labute approximate surface area is 205 Å².